The third kappa shape index (κ3) is 3.24. The molecule has 0 bridgehead atoms. The SMILES string of the molecule is CC1=CCC(c2ccc3ccccc3c2C=NNc2ccccc2)=C1. The van der Waals surface area contributed by atoms with Gasteiger partial charge in [-0.1, -0.05) is 72.3 Å². The van der Waals surface area contributed by atoms with E-state index in [2.05, 4.69) is 66.0 Å². The number of benzene rings is 3. The second-order valence-electron chi connectivity index (χ2n) is 6.31. The van der Waals surface area contributed by atoms with Crippen molar-refractivity contribution in [2.24, 2.45) is 5.10 Å². The molecule has 3 aromatic rings. The van der Waals surface area contributed by atoms with Crippen LogP contribution in [-0.2, 0) is 0 Å². The topological polar surface area (TPSA) is 24.4 Å². The van der Waals surface area contributed by atoms with Gasteiger partial charge in [0.15, 0.2) is 0 Å². The zero-order valence-electron chi connectivity index (χ0n) is 14.2. The molecule has 122 valence electrons. The lowest BCUT2D eigenvalue weighted by Gasteiger charge is -2.11. The lowest BCUT2D eigenvalue weighted by atomic mass is 9.94. The standard InChI is InChI=1S/C23H20N2/c1-17-11-12-19(15-17)22-14-13-18-7-5-6-10-21(18)23(22)16-24-25-20-8-3-2-4-9-20/h2-11,13-16,25H,12H2,1H3. The molecule has 2 heteroatoms. The Morgan fingerprint density at radius 1 is 0.920 bits per heavy atom. The van der Waals surface area contributed by atoms with Crippen LogP contribution in [0.25, 0.3) is 16.3 Å². The van der Waals surface area contributed by atoms with E-state index >= 15 is 0 Å². The van der Waals surface area contributed by atoms with E-state index in [0.717, 1.165) is 17.7 Å². The zero-order valence-corrected chi connectivity index (χ0v) is 14.2. The Morgan fingerprint density at radius 2 is 1.72 bits per heavy atom. The molecule has 25 heavy (non-hydrogen) atoms. The highest BCUT2D eigenvalue weighted by molar-refractivity contribution is 6.05. The summed E-state index contributed by atoms with van der Waals surface area (Å²) in [5, 5.41) is 6.95. The predicted molar refractivity (Wildman–Crippen MR) is 108 cm³/mol. The number of para-hydroxylation sites is 1. The van der Waals surface area contributed by atoms with Crippen molar-refractivity contribution in [2.45, 2.75) is 13.3 Å². The molecule has 1 N–H and O–H groups in total. The first kappa shape index (κ1) is 15.4. The summed E-state index contributed by atoms with van der Waals surface area (Å²) in [5.41, 5.74) is 9.20. The van der Waals surface area contributed by atoms with Gasteiger partial charge >= 0.3 is 0 Å². The van der Waals surface area contributed by atoms with E-state index < -0.39 is 0 Å². The van der Waals surface area contributed by atoms with Crippen molar-refractivity contribution in [1.82, 2.24) is 0 Å². The first-order valence-electron chi connectivity index (χ1n) is 8.55. The Labute approximate surface area is 148 Å². The van der Waals surface area contributed by atoms with Gasteiger partial charge < -0.3 is 0 Å². The minimum absolute atomic E-state index is 0.983. The minimum Gasteiger partial charge on any atom is -0.279 e. The van der Waals surface area contributed by atoms with Gasteiger partial charge in [0.25, 0.3) is 0 Å². The van der Waals surface area contributed by atoms with Gasteiger partial charge in [-0.05, 0) is 47.4 Å². The van der Waals surface area contributed by atoms with Crippen molar-refractivity contribution in [3.8, 4) is 0 Å². The van der Waals surface area contributed by atoms with Crippen LogP contribution >= 0.6 is 0 Å². The van der Waals surface area contributed by atoms with E-state index in [-0.39, 0.29) is 0 Å². The van der Waals surface area contributed by atoms with Crippen LogP contribution in [0.2, 0.25) is 0 Å². The molecule has 0 radical (unpaired) electrons. The van der Waals surface area contributed by atoms with E-state index in [4.69, 9.17) is 0 Å². The maximum absolute atomic E-state index is 4.49. The van der Waals surface area contributed by atoms with Gasteiger partial charge in [0.1, 0.15) is 0 Å². The van der Waals surface area contributed by atoms with Crippen molar-refractivity contribution < 1.29 is 0 Å². The van der Waals surface area contributed by atoms with Gasteiger partial charge in [0.2, 0.25) is 0 Å². The summed E-state index contributed by atoms with van der Waals surface area (Å²) in [6, 6.07) is 22.9. The van der Waals surface area contributed by atoms with Crippen LogP contribution in [0.5, 0.6) is 0 Å². The maximum Gasteiger partial charge on any atom is 0.0561 e. The number of hydrogen-bond donors (Lipinski definition) is 1. The summed E-state index contributed by atoms with van der Waals surface area (Å²) >= 11 is 0. The van der Waals surface area contributed by atoms with Crippen LogP contribution in [0.15, 0.2) is 89.6 Å². The van der Waals surface area contributed by atoms with Gasteiger partial charge in [-0.2, -0.15) is 5.10 Å². The summed E-state index contributed by atoms with van der Waals surface area (Å²) in [5.74, 6) is 0. The summed E-state index contributed by atoms with van der Waals surface area (Å²) in [6.45, 7) is 2.15. The molecular weight excluding hydrogens is 304 g/mol. The largest absolute Gasteiger partial charge is 0.279 e. The molecule has 0 saturated carbocycles. The molecule has 0 fully saturated rings. The van der Waals surface area contributed by atoms with E-state index in [0.29, 0.717) is 0 Å². The molecule has 3 aromatic carbocycles. The second kappa shape index (κ2) is 6.78. The van der Waals surface area contributed by atoms with Crippen molar-refractivity contribution in [3.63, 3.8) is 0 Å². The maximum atomic E-state index is 4.49. The van der Waals surface area contributed by atoms with Gasteiger partial charge in [-0.15, -0.1) is 0 Å². The molecule has 0 amide bonds. The Balaban J connectivity index is 1.75. The molecule has 0 aromatic heterocycles. The average Bonchev–Trinajstić information content (AvgIpc) is 3.09. The zero-order chi connectivity index (χ0) is 17.1. The van der Waals surface area contributed by atoms with Crippen molar-refractivity contribution in [2.75, 3.05) is 5.43 Å². The van der Waals surface area contributed by atoms with Crippen molar-refractivity contribution in [3.05, 3.63) is 95.6 Å². The fourth-order valence-electron chi connectivity index (χ4n) is 3.25. The third-order valence-electron chi connectivity index (χ3n) is 4.52. The van der Waals surface area contributed by atoms with Crippen LogP contribution in [-0.4, -0.2) is 6.21 Å². The van der Waals surface area contributed by atoms with Gasteiger partial charge in [0, 0.05) is 5.56 Å². The van der Waals surface area contributed by atoms with Crippen molar-refractivity contribution >= 4 is 28.2 Å². The van der Waals surface area contributed by atoms with E-state index in [1.165, 1.54) is 27.5 Å². The van der Waals surface area contributed by atoms with Crippen LogP contribution in [0.4, 0.5) is 5.69 Å². The molecule has 0 unspecified atom stereocenters. The number of rotatable bonds is 4. The molecule has 4 rings (SSSR count). The Hall–Kier alpha value is -3.13. The summed E-state index contributed by atoms with van der Waals surface area (Å²) in [4.78, 5) is 0. The van der Waals surface area contributed by atoms with Crippen LogP contribution < -0.4 is 5.43 Å². The minimum atomic E-state index is 0.983. The van der Waals surface area contributed by atoms with Gasteiger partial charge in [-0.3, -0.25) is 5.43 Å². The molecule has 0 heterocycles. The summed E-state index contributed by atoms with van der Waals surface area (Å²) in [6.07, 6.45) is 7.47. The number of anilines is 1. The van der Waals surface area contributed by atoms with Crippen LogP contribution in [0.3, 0.4) is 0 Å². The Kier molecular flexibility index (Phi) is 4.17. The lowest BCUT2D eigenvalue weighted by molar-refractivity contribution is 1.35. The highest BCUT2D eigenvalue weighted by Gasteiger charge is 2.12. The molecule has 2 nitrogen and oxygen atoms in total. The lowest BCUT2D eigenvalue weighted by Crippen LogP contribution is -1.96. The molecule has 0 spiro atoms. The number of hydrazone groups is 1. The molecular formula is C23H20N2. The second-order valence-corrected chi connectivity index (χ2v) is 6.31. The monoisotopic (exact) mass is 324 g/mol. The fraction of sp³-hybridized carbons (Fsp3) is 0.0870. The molecule has 0 saturated heterocycles. The smallest absolute Gasteiger partial charge is 0.0561 e. The normalized spacial score (nSPS) is 14.0. The fourth-order valence-corrected chi connectivity index (χ4v) is 3.25. The molecule has 0 atom stereocenters. The van der Waals surface area contributed by atoms with Gasteiger partial charge in [-0.25, -0.2) is 0 Å². The first-order valence-corrected chi connectivity index (χ1v) is 8.55. The van der Waals surface area contributed by atoms with Gasteiger partial charge in [0.05, 0.1) is 11.9 Å². The molecule has 0 aliphatic heterocycles. The average molecular weight is 324 g/mol. The summed E-state index contributed by atoms with van der Waals surface area (Å²) < 4.78 is 0. The Morgan fingerprint density at radius 3 is 2.52 bits per heavy atom. The van der Waals surface area contributed by atoms with Crippen molar-refractivity contribution in [1.29, 1.82) is 0 Å². The summed E-state index contributed by atoms with van der Waals surface area (Å²) in [7, 11) is 0. The molecule has 1 aliphatic carbocycles. The van der Waals surface area contributed by atoms with E-state index in [1.807, 2.05) is 36.5 Å². The molecule has 1 aliphatic rings. The number of allylic oxidation sites excluding steroid dienone is 4. The third-order valence-corrected chi connectivity index (χ3v) is 4.52. The number of nitrogens with one attached hydrogen (secondary N) is 1. The first-order chi connectivity index (χ1) is 12.3. The quantitative estimate of drug-likeness (QED) is 0.460. The highest BCUT2D eigenvalue weighted by Crippen LogP contribution is 2.32. The van der Waals surface area contributed by atoms with E-state index in [1.54, 1.807) is 0 Å². The number of hydrogen-bond acceptors (Lipinski definition) is 2. The van der Waals surface area contributed by atoms with E-state index in [9.17, 15) is 0 Å². The number of fused-ring (bicyclic) bond motifs is 1. The number of nitrogens with zero attached hydrogens (tertiary/aromatic N) is 1. The predicted octanol–water partition coefficient (Wildman–Crippen LogP) is 6.02. The Bertz CT molecular complexity index is 995. The van der Waals surface area contributed by atoms with Crippen LogP contribution in [0.1, 0.15) is 24.5 Å². The van der Waals surface area contributed by atoms with Crippen LogP contribution in [0, 0.1) is 0 Å². The highest BCUT2D eigenvalue weighted by atomic mass is 15.3.